The Labute approximate surface area is 126 Å². The lowest BCUT2D eigenvalue weighted by molar-refractivity contribution is -0.0488. The van der Waals surface area contributed by atoms with Gasteiger partial charge in [0.05, 0.1) is 12.3 Å². The third kappa shape index (κ3) is 11.7. The Bertz CT molecular complexity index is 196. The Morgan fingerprint density at radius 3 is 1.75 bits per heavy atom. The number of halogens is 1. The van der Waals surface area contributed by atoms with Crippen LogP contribution in [0.3, 0.4) is 0 Å². The van der Waals surface area contributed by atoms with Crippen molar-refractivity contribution in [2.75, 3.05) is 13.3 Å². The predicted molar refractivity (Wildman–Crippen MR) is 87.1 cm³/mol. The number of unbranched alkanes of at least 4 members (excludes halogenated alkanes) is 7. The summed E-state index contributed by atoms with van der Waals surface area (Å²) >= 11 is 0. The number of alkyl halides is 1. The van der Waals surface area contributed by atoms with Crippen molar-refractivity contribution in [3.8, 4) is 0 Å². The van der Waals surface area contributed by atoms with E-state index in [0.29, 0.717) is 13.0 Å². The topological polar surface area (TPSA) is 9.23 Å². The zero-order valence-electron chi connectivity index (χ0n) is 14.2. The van der Waals surface area contributed by atoms with Crippen LogP contribution in [0, 0.1) is 0 Å². The average molecular weight is 288 g/mol. The Balaban J connectivity index is 3.95. The predicted octanol–water partition coefficient (Wildman–Crippen LogP) is 6.45. The van der Waals surface area contributed by atoms with Crippen molar-refractivity contribution < 1.29 is 9.13 Å². The summed E-state index contributed by atoms with van der Waals surface area (Å²) < 4.78 is 18.2. The smallest absolute Gasteiger partial charge is 0.0916 e. The highest BCUT2D eigenvalue weighted by Crippen LogP contribution is 2.27. The van der Waals surface area contributed by atoms with Gasteiger partial charge in [0.15, 0.2) is 0 Å². The fourth-order valence-electron chi connectivity index (χ4n) is 2.67. The highest BCUT2D eigenvalue weighted by molar-refractivity contribution is 4.75. The maximum atomic E-state index is 12.2. The molecule has 1 nitrogen and oxygen atoms in total. The lowest BCUT2D eigenvalue weighted by Gasteiger charge is -2.30. The number of ether oxygens (including phenoxy) is 1. The summed E-state index contributed by atoms with van der Waals surface area (Å²) in [6, 6.07) is 0. The Morgan fingerprint density at radius 2 is 1.25 bits per heavy atom. The van der Waals surface area contributed by atoms with E-state index in [-0.39, 0.29) is 12.3 Å². The Morgan fingerprint density at radius 1 is 0.750 bits per heavy atom. The van der Waals surface area contributed by atoms with E-state index in [9.17, 15) is 4.39 Å². The average Bonchev–Trinajstić information content (AvgIpc) is 2.44. The van der Waals surface area contributed by atoms with E-state index in [1.54, 1.807) is 0 Å². The number of hydrogen-bond donors (Lipinski definition) is 0. The van der Waals surface area contributed by atoms with Gasteiger partial charge in [-0.1, -0.05) is 71.6 Å². The van der Waals surface area contributed by atoms with E-state index in [2.05, 4.69) is 20.8 Å². The van der Waals surface area contributed by atoms with Crippen molar-refractivity contribution in [2.45, 2.75) is 103 Å². The zero-order chi connectivity index (χ0) is 15.1. The van der Waals surface area contributed by atoms with E-state index in [1.807, 2.05) is 0 Å². The first-order chi connectivity index (χ1) is 9.68. The van der Waals surface area contributed by atoms with Crippen LogP contribution in [0.1, 0.15) is 97.8 Å². The molecule has 1 atom stereocenters. The molecule has 1 unspecified atom stereocenters. The SMILES string of the molecule is CCCCCCCC(C)(CCCCCC)OCCCF. The molecular formula is C18H37FO. The van der Waals surface area contributed by atoms with E-state index in [1.165, 1.54) is 57.8 Å². The van der Waals surface area contributed by atoms with Gasteiger partial charge in [-0.2, -0.15) is 0 Å². The number of rotatable bonds is 15. The van der Waals surface area contributed by atoms with E-state index in [0.717, 1.165) is 12.8 Å². The normalized spacial score (nSPS) is 14.4. The summed E-state index contributed by atoms with van der Waals surface area (Å²) in [4.78, 5) is 0. The van der Waals surface area contributed by atoms with Crippen LogP contribution in [0.4, 0.5) is 4.39 Å². The second-order valence-electron chi connectivity index (χ2n) is 6.32. The van der Waals surface area contributed by atoms with Crippen molar-refractivity contribution in [1.82, 2.24) is 0 Å². The second kappa shape index (κ2) is 13.9. The van der Waals surface area contributed by atoms with Crippen LogP contribution < -0.4 is 0 Å². The van der Waals surface area contributed by atoms with Gasteiger partial charge in [-0.15, -0.1) is 0 Å². The summed E-state index contributed by atoms with van der Waals surface area (Å²) in [6.45, 7) is 7.04. The number of hydrogen-bond acceptors (Lipinski definition) is 1. The summed E-state index contributed by atoms with van der Waals surface area (Å²) in [7, 11) is 0. The molecule has 0 aliphatic heterocycles. The minimum atomic E-state index is -0.261. The van der Waals surface area contributed by atoms with Crippen molar-refractivity contribution in [3.63, 3.8) is 0 Å². The van der Waals surface area contributed by atoms with E-state index in [4.69, 9.17) is 4.74 Å². The van der Waals surface area contributed by atoms with Crippen molar-refractivity contribution >= 4 is 0 Å². The van der Waals surface area contributed by atoms with Gasteiger partial charge in [-0.05, 0) is 26.2 Å². The molecule has 122 valence electrons. The first kappa shape index (κ1) is 19.9. The molecule has 2 heteroatoms. The molecule has 0 spiro atoms. The minimum Gasteiger partial charge on any atom is -0.375 e. The van der Waals surface area contributed by atoms with Crippen molar-refractivity contribution in [1.29, 1.82) is 0 Å². The molecule has 0 N–H and O–H groups in total. The molecule has 0 saturated carbocycles. The van der Waals surface area contributed by atoms with Gasteiger partial charge in [0, 0.05) is 6.61 Å². The van der Waals surface area contributed by atoms with Crippen LogP contribution in [0.15, 0.2) is 0 Å². The Kier molecular flexibility index (Phi) is 13.8. The lowest BCUT2D eigenvalue weighted by atomic mass is 9.91. The van der Waals surface area contributed by atoms with Gasteiger partial charge in [0.1, 0.15) is 0 Å². The molecule has 0 saturated heterocycles. The van der Waals surface area contributed by atoms with Crippen LogP contribution in [0.2, 0.25) is 0 Å². The molecule has 0 aliphatic carbocycles. The fraction of sp³-hybridized carbons (Fsp3) is 1.00. The van der Waals surface area contributed by atoms with Gasteiger partial charge in [-0.3, -0.25) is 4.39 Å². The van der Waals surface area contributed by atoms with Gasteiger partial charge in [0.2, 0.25) is 0 Å². The van der Waals surface area contributed by atoms with Crippen LogP contribution in [0.5, 0.6) is 0 Å². The van der Waals surface area contributed by atoms with Gasteiger partial charge >= 0.3 is 0 Å². The van der Waals surface area contributed by atoms with Crippen LogP contribution in [-0.4, -0.2) is 18.9 Å². The third-order valence-electron chi connectivity index (χ3n) is 4.10. The molecule has 0 radical (unpaired) electrons. The molecule has 0 aliphatic rings. The quantitative estimate of drug-likeness (QED) is 0.314. The molecule has 0 heterocycles. The highest BCUT2D eigenvalue weighted by Gasteiger charge is 2.23. The second-order valence-corrected chi connectivity index (χ2v) is 6.32. The molecule has 0 aromatic heterocycles. The fourth-order valence-corrected chi connectivity index (χ4v) is 2.67. The van der Waals surface area contributed by atoms with Crippen LogP contribution >= 0.6 is 0 Å². The molecule has 0 aromatic rings. The largest absolute Gasteiger partial charge is 0.375 e. The van der Waals surface area contributed by atoms with Crippen molar-refractivity contribution in [2.24, 2.45) is 0 Å². The summed E-state index contributed by atoms with van der Waals surface area (Å²) in [5.41, 5.74) is -0.0187. The van der Waals surface area contributed by atoms with Gasteiger partial charge in [0.25, 0.3) is 0 Å². The Hall–Kier alpha value is -0.110. The summed E-state index contributed by atoms with van der Waals surface area (Å²) in [6.07, 6.45) is 14.5. The standard InChI is InChI=1S/C18H37FO/c1-4-6-8-10-12-15-18(3,20-17-13-16-19)14-11-9-7-5-2/h4-17H2,1-3H3. The maximum Gasteiger partial charge on any atom is 0.0916 e. The third-order valence-corrected chi connectivity index (χ3v) is 4.10. The molecule has 0 rings (SSSR count). The van der Waals surface area contributed by atoms with Crippen LogP contribution in [0.25, 0.3) is 0 Å². The molecule has 0 amide bonds. The van der Waals surface area contributed by atoms with Gasteiger partial charge in [-0.25, -0.2) is 0 Å². The monoisotopic (exact) mass is 288 g/mol. The van der Waals surface area contributed by atoms with Gasteiger partial charge < -0.3 is 4.74 Å². The summed E-state index contributed by atoms with van der Waals surface area (Å²) in [5, 5.41) is 0. The molecule has 0 fully saturated rings. The zero-order valence-corrected chi connectivity index (χ0v) is 14.2. The lowest BCUT2D eigenvalue weighted by Crippen LogP contribution is -2.29. The molecular weight excluding hydrogens is 251 g/mol. The summed E-state index contributed by atoms with van der Waals surface area (Å²) in [5.74, 6) is 0. The maximum absolute atomic E-state index is 12.2. The molecule has 0 bridgehead atoms. The van der Waals surface area contributed by atoms with E-state index >= 15 is 0 Å². The molecule has 20 heavy (non-hydrogen) atoms. The molecule has 0 aromatic carbocycles. The minimum absolute atomic E-state index is 0.0187. The van der Waals surface area contributed by atoms with Crippen molar-refractivity contribution in [3.05, 3.63) is 0 Å². The highest BCUT2D eigenvalue weighted by atomic mass is 19.1. The van der Waals surface area contributed by atoms with Crippen LogP contribution in [-0.2, 0) is 4.74 Å². The first-order valence-corrected chi connectivity index (χ1v) is 8.88. The van der Waals surface area contributed by atoms with E-state index < -0.39 is 0 Å². The first-order valence-electron chi connectivity index (χ1n) is 8.88.